The topological polar surface area (TPSA) is 61.3 Å². The van der Waals surface area contributed by atoms with Crippen molar-refractivity contribution in [3.8, 4) is 0 Å². The Morgan fingerprint density at radius 3 is 2.63 bits per heavy atom. The molecule has 1 aliphatic rings. The van der Waals surface area contributed by atoms with Crippen LogP contribution in [0.2, 0.25) is 5.02 Å². The van der Waals surface area contributed by atoms with Gasteiger partial charge in [0.2, 0.25) is 5.95 Å². The zero-order valence-corrected chi connectivity index (χ0v) is 12.0. The molecular weight excluding hydrogens is 264 g/mol. The number of hydrogen-bond acceptors (Lipinski definition) is 5. The standard InChI is InChI=1S/C13H21ClN4O/c1-2-12(19)9-18-5-3-11(4-6-18)17-13-15-7-10(14)8-16-13/h7-8,11-12,19H,2-6,9H2,1H3,(H,15,16,17)/t12-/m0/s1. The fraction of sp³-hybridized carbons (Fsp3) is 0.692. The average molecular weight is 285 g/mol. The molecule has 1 saturated heterocycles. The number of nitrogens with zero attached hydrogens (tertiary/aromatic N) is 3. The van der Waals surface area contributed by atoms with Gasteiger partial charge in [0, 0.05) is 25.7 Å². The normalized spacial score (nSPS) is 19.3. The van der Waals surface area contributed by atoms with Crippen LogP contribution in [0.4, 0.5) is 5.95 Å². The summed E-state index contributed by atoms with van der Waals surface area (Å²) in [5, 5.41) is 13.5. The summed E-state index contributed by atoms with van der Waals surface area (Å²) in [5.74, 6) is 0.636. The van der Waals surface area contributed by atoms with Gasteiger partial charge in [-0.1, -0.05) is 18.5 Å². The van der Waals surface area contributed by atoms with Crippen LogP contribution in [-0.2, 0) is 0 Å². The molecule has 19 heavy (non-hydrogen) atoms. The van der Waals surface area contributed by atoms with E-state index in [0.717, 1.165) is 38.9 Å². The van der Waals surface area contributed by atoms with Crippen LogP contribution in [0.25, 0.3) is 0 Å². The summed E-state index contributed by atoms with van der Waals surface area (Å²) in [6.45, 7) is 4.79. The first-order valence-electron chi connectivity index (χ1n) is 6.82. The highest BCUT2D eigenvalue weighted by Gasteiger charge is 2.20. The van der Waals surface area contributed by atoms with E-state index in [4.69, 9.17) is 11.6 Å². The molecule has 0 spiro atoms. The first-order chi connectivity index (χ1) is 9.17. The highest BCUT2D eigenvalue weighted by Crippen LogP contribution is 2.15. The maximum atomic E-state index is 9.65. The zero-order chi connectivity index (χ0) is 13.7. The van der Waals surface area contributed by atoms with Crippen LogP contribution in [0.15, 0.2) is 12.4 Å². The van der Waals surface area contributed by atoms with E-state index < -0.39 is 0 Å². The number of β-amino-alcohol motifs (C(OH)–C–C–N with tert-alkyl or cyclic N) is 1. The highest BCUT2D eigenvalue weighted by molar-refractivity contribution is 6.30. The molecule has 1 fully saturated rings. The first kappa shape index (κ1) is 14.5. The van der Waals surface area contributed by atoms with Gasteiger partial charge in [-0.05, 0) is 19.3 Å². The first-order valence-corrected chi connectivity index (χ1v) is 7.19. The van der Waals surface area contributed by atoms with Gasteiger partial charge in [-0.25, -0.2) is 9.97 Å². The minimum Gasteiger partial charge on any atom is -0.392 e. The fourth-order valence-corrected chi connectivity index (χ4v) is 2.35. The van der Waals surface area contributed by atoms with Crippen LogP contribution in [0.5, 0.6) is 0 Å². The second kappa shape index (κ2) is 7.03. The third-order valence-corrected chi connectivity index (χ3v) is 3.68. The Bertz CT molecular complexity index is 379. The number of anilines is 1. The summed E-state index contributed by atoms with van der Waals surface area (Å²) >= 11 is 5.75. The molecule has 6 heteroatoms. The molecule has 1 atom stereocenters. The maximum Gasteiger partial charge on any atom is 0.222 e. The van der Waals surface area contributed by atoms with Crippen LogP contribution < -0.4 is 5.32 Å². The van der Waals surface area contributed by atoms with Gasteiger partial charge in [0.1, 0.15) is 0 Å². The molecule has 106 valence electrons. The van der Waals surface area contributed by atoms with E-state index in [1.54, 1.807) is 12.4 Å². The number of likely N-dealkylation sites (tertiary alicyclic amines) is 1. The minimum atomic E-state index is -0.205. The van der Waals surface area contributed by atoms with Crippen molar-refractivity contribution in [3.05, 3.63) is 17.4 Å². The molecule has 5 nitrogen and oxygen atoms in total. The van der Waals surface area contributed by atoms with Crippen molar-refractivity contribution in [2.24, 2.45) is 0 Å². The predicted octanol–water partition coefficient (Wildman–Crippen LogP) is 1.78. The highest BCUT2D eigenvalue weighted by atomic mass is 35.5. The van der Waals surface area contributed by atoms with E-state index in [9.17, 15) is 5.11 Å². The van der Waals surface area contributed by atoms with E-state index in [1.165, 1.54) is 0 Å². The van der Waals surface area contributed by atoms with Crippen molar-refractivity contribution in [2.75, 3.05) is 25.0 Å². The lowest BCUT2D eigenvalue weighted by Crippen LogP contribution is -2.42. The lowest BCUT2D eigenvalue weighted by Gasteiger charge is -2.33. The predicted molar refractivity (Wildman–Crippen MR) is 76.4 cm³/mol. The van der Waals surface area contributed by atoms with Gasteiger partial charge in [-0.3, -0.25) is 0 Å². The summed E-state index contributed by atoms with van der Waals surface area (Å²) in [6.07, 6.45) is 5.90. The van der Waals surface area contributed by atoms with E-state index in [-0.39, 0.29) is 6.10 Å². The quantitative estimate of drug-likeness (QED) is 0.863. The summed E-state index contributed by atoms with van der Waals surface area (Å²) in [5.41, 5.74) is 0. The van der Waals surface area contributed by atoms with E-state index in [0.29, 0.717) is 17.0 Å². The van der Waals surface area contributed by atoms with Gasteiger partial charge in [0.05, 0.1) is 23.5 Å². The summed E-state index contributed by atoms with van der Waals surface area (Å²) in [7, 11) is 0. The Balaban J connectivity index is 1.75. The van der Waals surface area contributed by atoms with Crippen molar-refractivity contribution in [3.63, 3.8) is 0 Å². The molecular formula is C13H21ClN4O. The van der Waals surface area contributed by atoms with Gasteiger partial charge in [0.25, 0.3) is 0 Å². The minimum absolute atomic E-state index is 0.205. The molecule has 0 bridgehead atoms. The van der Waals surface area contributed by atoms with Crippen LogP contribution in [-0.4, -0.2) is 51.8 Å². The van der Waals surface area contributed by atoms with Crippen molar-refractivity contribution >= 4 is 17.5 Å². The molecule has 0 aliphatic carbocycles. The molecule has 2 rings (SSSR count). The SMILES string of the molecule is CC[C@H](O)CN1CCC(Nc2ncc(Cl)cn2)CC1. The molecule has 0 saturated carbocycles. The van der Waals surface area contributed by atoms with E-state index in [1.807, 2.05) is 6.92 Å². The van der Waals surface area contributed by atoms with Crippen molar-refractivity contribution < 1.29 is 5.11 Å². The van der Waals surface area contributed by atoms with Gasteiger partial charge >= 0.3 is 0 Å². The lowest BCUT2D eigenvalue weighted by molar-refractivity contribution is 0.0961. The Morgan fingerprint density at radius 1 is 1.42 bits per heavy atom. The molecule has 2 heterocycles. The van der Waals surface area contributed by atoms with Crippen LogP contribution in [0.1, 0.15) is 26.2 Å². The van der Waals surface area contributed by atoms with Crippen LogP contribution >= 0.6 is 11.6 Å². The number of rotatable bonds is 5. The van der Waals surface area contributed by atoms with Crippen LogP contribution in [0, 0.1) is 0 Å². The summed E-state index contributed by atoms with van der Waals surface area (Å²) in [4.78, 5) is 10.6. The molecule has 2 N–H and O–H groups in total. The number of aromatic nitrogens is 2. The van der Waals surface area contributed by atoms with Gasteiger partial charge < -0.3 is 15.3 Å². The number of aliphatic hydroxyl groups is 1. The maximum absolute atomic E-state index is 9.65. The molecule has 0 amide bonds. The Morgan fingerprint density at radius 2 is 2.05 bits per heavy atom. The third kappa shape index (κ3) is 4.60. The lowest BCUT2D eigenvalue weighted by atomic mass is 10.0. The van der Waals surface area contributed by atoms with Crippen LogP contribution in [0.3, 0.4) is 0 Å². The van der Waals surface area contributed by atoms with Gasteiger partial charge in [-0.15, -0.1) is 0 Å². The van der Waals surface area contributed by atoms with Gasteiger partial charge in [0.15, 0.2) is 0 Å². The molecule has 1 aliphatic heterocycles. The smallest absolute Gasteiger partial charge is 0.222 e. The Hall–Kier alpha value is -0.910. The summed E-state index contributed by atoms with van der Waals surface area (Å²) < 4.78 is 0. The Kier molecular flexibility index (Phi) is 5.36. The number of nitrogens with one attached hydrogen (secondary N) is 1. The molecule has 0 aromatic carbocycles. The number of aliphatic hydroxyl groups excluding tert-OH is 1. The largest absolute Gasteiger partial charge is 0.392 e. The van der Waals surface area contributed by atoms with E-state index in [2.05, 4.69) is 20.2 Å². The van der Waals surface area contributed by atoms with E-state index >= 15 is 0 Å². The number of hydrogen-bond donors (Lipinski definition) is 2. The van der Waals surface area contributed by atoms with Gasteiger partial charge in [-0.2, -0.15) is 0 Å². The average Bonchev–Trinajstić information content (AvgIpc) is 2.43. The molecule has 0 radical (unpaired) electrons. The monoisotopic (exact) mass is 284 g/mol. The summed E-state index contributed by atoms with van der Waals surface area (Å²) in [6, 6.07) is 0.399. The third-order valence-electron chi connectivity index (χ3n) is 3.48. The Labute approximate surface area is 119 Å². The molecule has 0 unspecified atom stereocenters. The molecule has 1 aromatic rings. The fourth-order valence-electron chi connectivity index (χ4n) is 2.26. The van der Waals surface area contributed by atoms with Crippen molar-refractivity contribution in [2.45, 2.75) is 38.3 Å². The van der Waals surface area contributed by atoms with Crippen molar-refractivity contribution in [1.29, 1.82) is 0 Å². The number of halogens is 1. The second-order valence-electron chi connectivity index (χ2n) is 5.01. The molecule has 1 aromatic heterocycles. The second-order valence-corrected chi connectivity index (χ2v) is 5.44. The zero-order valence-electron chi connectivity index (χ0n) is 11.2. The number of piperidine rings is 1. The van der Waals surface area contributed by atoms with Crippen molar-refractivity contribution in [1.82, 2.24) is 14.9 Å².